The second-order valence-electron chi connectivity index (χ2n) is 3.57. The van der Waals surface area contributed by atoms with Gasteiger partial charge < -0.3 is 5.32 Å². The monoisotopic (exact) mass is 294 g/mol. The minimum absolute atomic E-state index is 0.104. The number of hydrogen-bond donors (Lipinski definition) is 1. The first-order valence-corrected chi connectivity index (χ1v) is 5.83. The lowest BCUT2D eigenvalue weighted by Crippen LogP contribution is -2.14. The SMILES string of the molecule is Cn1ncc(NC(=O)Cc2ccc(Br)cc2)n1. The highest BCUT2D eigenvalue weighted by molar-refractivity contribution is 9.10. The van der Waals surface area contributed by atoms with E-state index in [0.717, 1.165) is 10.0 Å². The summed E-state index contributed by atoms with van der Waals surface area (Å²) in [4.78, 5) is 13.1. The molecule has 0 bridgehead atoms. The molecule has 0 fully saturated rings. The molecule has 1 amide bonds. The van der Waals surface area contributed by atoms with Gasteiger partial charge in [-0.15, -0.1) is 5.10 Å². The first kappa shape index (κ1) is 11.8. The van der Waals surface area contributed by atoms with E-state index >= 15 is 0 Å². The minimum Gasteiger partial charge on any atom is -0.308 e. The lowest BCUT2D eigenvalue weighted by atomic mass is 10.1. The van der Waals surface area contributed by atoms with Crippen LogP contribution in [0.5, 0.6) is 0 Å². The van der Waals surface area contributed by atoms with Crippen molar-refractivity contribution in [2.45, 2.75) is 6.42 Å². The Labute approximate surface area is 107 Å². The number of halogens is 1. The molecule has 1 aromatic carbocycles. The number of aryl methyl sites for hydroxylation is 1. The van der Waals surface area contributed by atoms with Gasteiger partial charge in [0.2, 0.25) is 5.91 Å². The quantitative estimate of drug-likeness (QED) is 0.938. The van der Waals surface area contributed by atoms with Crippen molar-refractivity contribution >= 4 is 27.7 Å². The van der Waals surface area contributed by atoms with Gasteiger partial charge in [-0.3, -0.25) is 4.79 Å². The number of nitrogens with one attached hydrogen (secondary N) is 1. The Morgan fingerprint density at radius 1 is 1.41 bits per heavy atom. The maximum Gasteiger partial charge on any atom is 0.230 e. The van der Waals surface area contributed by atoms with Gasteiger partial charge in [0.15, 0.2) is 5.82 Å². The highest BCUT2D eigenvalue weighted by atomic mass is 79.9. The molecule has 2 rings (SSSR count). The van der Waals surface area contributed by atoms with Crippen molar-refractivity contribution in [3.63, 3.8) is 0 Å². The predicted octanol–water partition coefficient (Wildman–Crippen LogP) is 1.76. The van der Waals surface area contributed by atoms with Gasteiger partial charge in [0.25, 0.3) is 0 Å². The van der Waals surface area contributed by atoms with E-state index in [1.165, 1.54) is 11.0 Å². The molecule has 0 unspecified atom stereocenters. The first-order chi connectivity index (χ1) is 8.13. The Morgan fingerprint density at radius 3 is 2.71 bits per heavy atom. The average Bonchev–Trinajstić information content (AvgIpc) is 2.67. The molecule has 2 aromatic rings. The van der Waals surface area contributed by atoms with E-state index in [-0.39, 0.29) is 5.91 Å². The van der Waals surface area contributed by atoms with E-state index in [0.29, 0.717) is 12.2 Å². The topological polar surface area (TPSA) is 59.8 Å². The maximum absolute atomic E-state index is 11.7. The van der Waals surface area contributed by atoms with Gasteiger partial charge in [0.1, 0.15) is 0 Å². The van der Waals surface area contributed by atoms with Crippen LogP contribution in [0, 0.1) is 0 Å². The summed E-state index contributed by atoms with van der Waals surface area (Å²) in [6.45, 7) is 0. The summed E-state index contributed by atoms with van der Waals surface area (Å²) in [5.41, 5.74) is 0.953. The zero-order valence-corrected chi connectivity index (χ0v) is 10.8. The second kappa shape index (κ2) is 5.09. The van der Waals surface area contributed by atoms with Crippen LogP contribution in [0.4, 0.5) is 5.82 Å². The smallest absolute Gasteiger partial charge is 0.230 e. The van der Waals surface area contributed by atoms with Crippen LogP contribution >= 0.6 is 15.9 Å². The van der Waals surface area contributed by atoms with Gasteiger partial charge >= 0.3 is 0 Å². The molecule has 0 aliphatic heterocycles. The van der Waals surface area contributed by atoms with Crippen molar-refractivity contribution in [3.05, 3.63) is 40.5 Å². The largest absolute Gasteiger partial charge is 0.308 e. The first-order valence-electron chi connectivity index (χ1n) is 5.04. The molecule has 0 radical (unpaired) electrons. The molecule has 0 saturated carbocycles. The standard InChI is InChI=1S/C11H11BrN4O/c1-16-13-7-10(15-16)14-11(17)6-8-2-4-9(12)5-3-8/h2-5,7H,6H2,1H3,(H,14,15,17). The molecule has 0 aliphatic rings. The molecular weight excluding hydrogens is 284 g/mol. The zero-order chi connectivity index (χ0) is 12.3. The van der Waals surface area contributed by atoms with Crippen LogP contribution in [0.25, 0.3) is 0 Å². The van der Waals surface area contributed by atoms with Gasteiger partial charge in [0.05, 0.1) is 12.6 Å². The van der Waals surface area contributed by atoms with E-state index in [1.807, 2.05) is 24.3 Å². The molecule has 0 atom stereocenters. The summed E-state index contributed by atoms with van der Waals surface area (Å²) in [7, 11) is 1.70. The van der Waals surface area contributed by atoms with Crippen molar-refractivity contribution in [2.24, 2.45) is 7.05 Å². The number of aromatic nitrogens is 3. The van der Waals surface area contributed by atoms with Crippen molar-refractivity contribution in [1.82, 2.24) is 15.0 Å². The summed E-state index contributed by atoms with van der Waals surface area (Å²) in [5.74, 6) is 0.363. The third kappa shape index (κ3) is 3.39. The van der Waals surface area contributed by atoms with E-state index in [1.54, 1.807) is 7.05 Å². The number of carbonyl (C=O) groups is 1. The third-order valence-electron chi connectivity index (χ3n) is 2.15. The molecule has 0 saturated heterocycles. The highest BCUT2D eigenvalue weighted by Gasteiger charge is 2.06. The normalized spacial score (nSPS) is 10.2. The molecule has 0 spiro atoms. The molecule has 17 heavy (non-hydrogen) atoms. The lowest BCUT2D eigenvalue weighted by molar-refractivity contribution is -0.115. The number of carbonyl (C=O) groups excluding carboxylic acids is 1. The molecule has 0 aliphatic carbocycles. The fourth-order valence-electron chi connectivity index (χ4n) is 1.38. The van der Waals surface area contributed by atoms with Crippen molar-refractivity contribution < 1.29 is 4.79 Å². The van der Waals surface area contributed by atoms with Crippen LogP contribution < -0.4 is 5.32 Å². The summed E-state index contributed by atoms with van der Waals surface area (Å²) in [6, 6.07) is 7.62. The van der Waals surface area contributed by atoms with Crippen LogP contribution in [0.1, 0.15) is 5.56 Å². The van der Waals surface area contributed by atoms with Gasteiger partial charge in [-0.05, 0) is 17.7 Å². The molecule has 1 aromatic heterocycles. The number of benzene rings is 1. The Morgan fingerprint density at radius 2 is 2.12 bits per heavy atom. The van der Waals surface area contributed by atoms with Crippen molar-refractivity contribution in [1.29, 1.82) is 0 Å². The van der Waals surface area contributed by atoms with Crippen LogP contribution in [-0.2, 0) is 18.3 Å². The van der Waals surface area contributed by atoms with Crippen molar-refractivity contribution in [2.75, 3.05) is 5.32 Å². The zero-order valence-electron chi connectivity index (χ0n) is 9.22. The number of rotatable bonds is 3. The third-order valence-corrected chi connectivity index (χ3v) is 2.67. The predicted molar refractivity (Wildman–Crippen MR) is 67.5 cm³/mol. The van der Waals surface area contributed by atoms with Gasteiger partial charge in [-0.2, -0.15) is 9.90 Å². The lowest BCUT2D eigenvalue weighted by Gasteiger charge is -2.01. The number of anilines is 1. The van der Waals surface area contributed by atoms with E-state index in [2.05, 4.69) is 31.4 Å². The van der Waals surface area contributed by atoms with Crippen LogP contribution in [0.2, 0.25) is 0 Å². The van der Waals surface area contributed by atoms with Gasteiger partial charge in [-0.1, -0.05) is 28.1 Å². The summed E-state index contributed by atoms with van der Waals surface area (Å²) < 4.78 is 0.996. The Bertz CT molecular complexity index is 521. The molecule has 1 N–H and O–H groups in total. The Hall–Kier alpha value is -1.69. The number of hydrogen-bond acceptors (Lipinski definition) is 3. The minimum atomic E-state index is -0.104. The summed E-state index contributed by atoms with van der Waals surface area (Å²) >= 11 is 3.35. The summed E-state index contributed by atoms with van der Waals surface area (Å²) in [6.07, 6.45) is 1.84. The van der Waals surface area contributed by atoms with Crippen LogP contribution in [-0.4, -0.2) is 20.9 Å². The van der Waals surface area contributed by atoms with Crippen LogP contribution in [0.3, 0.4) is 0 Å². The van der Waals surface area contributed by atoms with E-state index in [9.17, 15) is 4.79 Å². The van der Waals surface area contributed by atoms with Crippen molar-refractivity contribution in [3.8, 4) is 0 Å². The fraction of sp³-hybridized carbons (Fsp3) is 0.182. The molecular formula is C11H11BrN4O. The second-order valence-corrected chi connectivity index (χ2v) is 4.49. The molecule has 5 nitrogen and oxygen atoms in total. The van der Waals surface area contributed by atoms with E-state index in [4.69, 9.17) is 0 Å². The Kier molecular flexibility index (Phi) is 3.53. The summed E-state index contributed by atoms with van der Waals surface area (Å²) in [5, 5.41) is 10.5. The van der Waals surface area contributed by atoms with Crippen LogP contribution in [0.15, 0.2) is 34.9 Å². The molecule has 1 heterocycles. The Balaban J connectivity index is 1.95. The maximum atomic E-state index is 11.7. The van der Waals surface area contributed by atoms with Gasteiger partial charge in [-0.25, -0.2) is 0 Å². The average molecular weight is 295 g/mol. The van der Waals surface area contributed by atoms with Gasteiger partial charge in [0, 0.05) is 11.5 Å². The van der Waals surface area contributed by atoms with E-state index < -0.39 is 0 Å². The number of amides is 1. The number of nitrogens with zero attached hydrogens (tertiary/aromatic N) is 3. The highest BCUT2D eigenvalue weighted by Crippen LogP contribution is 2.11. The fourth-order valence-corrected chi connectivity index (χ4v) is 1.64. The molecule has 88 valence electrons. The molecule has 6 heteroatoms.